The predicted octanol–water partition coefficient (Wildman–Crippen LogP) is 3.81. The van der Waals surface area contributed by atoms with Crippen LogP contribution >= 0.6 is 0 Å². The van der Waals surface area contributed by atoms with E-state index in [-0.39, 0.29) is 41.5 Å². The van der Waals surface area contributed by atoms with Crippen LogP contribution in [-0.4, -0.2) is 23.7 Å². The normalized spacial score (nSPS) is 19.0. The number of fused-ring (bicyclic) bond motifs is 2. The van der Waals surface area contributed by atoms with Gasteiger partial charge in [0.15, 0.2) is 0 Å². The Balaban J connectivity index is 2.29. The van der Waals surface area contributed by atoms with Gasteiger partial charge in [0.25, 0.3) is 5.56 Å². The molecule has 0 aliphatic carbocycles. The second-order valence-corrected chi connectivity index (χ2v) is 6.67. The molecule has 1 aliphatic rings. The quantitative estimate of drug-likeness (QED) is 0.719. The van der Waals surface area contributed by atoms with Crippen LogP contribution in [0.15, 0.2) is 35.3 Å². The molecule has 0 radical (unpaired) electrons. The fraction of sp³-hybridized carbons (Fsp3) is 0.389. The minimum absolute atomic E-state index is 0.00683. The van der Waals surface area contributed by atoms with Gasteiger partial charge in [-0.2, -0.15) is 13.2 Å². The van der Waals surface area contributed by atoms with Crippen LogP contribution in [0.4, 0.5) is 28.9 Å². The summed E-state index contributed by atoms with van der Waals surface area (Å²) in [6, 6.07) is 4.43. The number of alkyl halides is 3. The number of aromatic nitrogens is 1. The first kappa shape index (κ1) is 18.4. The molecule has 0 saturated heterocycles. The van der Waals surface area contributed by atoms with Crippen molar-refractivity contribution in [2.24, 2.45) is 0 Å². The summed E-state index contributed by atoms with van der Waals surface area (Å²) in [6.45, 7) is 3.71. The smallest absolute Gasteiger partial charge is 0.351 e. The molecule has 3 rings (SSSR count). The van der Waals surface area contributed by atoms with Crippen molar-refractivity contribution >= 4 is 11.4 Å². The second-order valence-electron chi connectivity index (χ2n) is 6.67. The standard InChI is InChI=1S/C18H19F4N3O/c1-10(2)23-8-6-17(18(20,21)22)12-5-7-24-16(26)15(12)25-14-4-3-11(19)9-13(14)17/h3-5,7,9-10,23,25H,6,8H2,1-2H3,(H,24,26). The number of nitrogens with one attached hydrogen (secondary N) is 3. The van der Waals surface area contributed by atoms with Crippen LogP contribution in [-0.2, 0) is 5.41 Å². The van der Waals surface area contributed by atoms with E-state index in [2.05, 4.69) is 15.6 Å². The molecule has 140 valence electrons. The summed E-state index contributed by atoms with van der Waals surface area (Å²) >= 11 is 0. The molecule has 3 N–H and O–H groups in total. The average Bonchev–Trinajstić information content (AvgIpc) is 2.54. The topological polar surface area (TPSA) is 56.9 Å². The minimum Gasteiger partial charge on any atom is -0.351 e. The molecule has 0 amide bonds. The summed E-state index contributed by atoms with van der Waals surface area (Å²) < 4.78 is 57.2. The lowest BCUT2D eigenvalue weighted by atomic mass is 9.68. The lowest BCUT2D eigenvalue weighted by molar-refractivity contribution is -0.180. The highest BCUT2D eigenvalue weighted by atomic mass is 19.4. The van der Waals surface area contributed by atoms with Gasteiger partial charge in [-0.25, -0.2) is 4.39 Å². The Morgan fingerprint density at radius 1 is 1.19 bits per heavy atom. The Hall–Kier alpha value is -2.35. The molecule has 1 unspecified atom stereocenters. The van der Waals surface area contributed by atoms with Gasteiger partial charge in [-0.3, -0.25) is 4.79 Å². The molecule has 8 heteroatoms. The Bertz CT molecular complexity index is 875. The monoisotopic (exact) mass is 369 g/mol. The van der Waals surface area contributed by atoms with Crippen molar-refractivity contribution in [3.05, 3.63) is 57.8 Å². The molecular formula is C18H19F4N3O. The number of hydrogen-bond acceptors (Lipinski definition) is 3. The van der Waals surface area contributed by atoms with Crippen LogP contribution in [0, 0.1) is 5.82 Å². The van der Waals surface area contributed by atoms with Crippen molar-refractivity contribution in [3.63, 3.8) is 0 Å². The molecule has 0 fully saturated rings. The maximum absolute atomic E-state index is 14.5. The van der Waals surface area contributed by atoms with Crippen molar-refractivity contribution in [2.75, 3.05) is 11.9 Å². The summed E-state index contributed by atoms with van der Waals surface area (Å²) in [5.74, 6) is -0.760. The first-order valence-electron chi connectivity index (χ1n) is 8.26. The van der Waals surface area contributed by atoms with Gasteiger partial charge in [0, 0.05) is 23.5 Å². The average molecular weight is 369 g/mol. The number of aromatic amines is 1. The van der Waals surface area contributed by atoms with Gasteiger partial charge < -0.3 is 15.6 Å². The largest absolute Gasteiger partial charge is 0.402 e. The third kappa shape index (κ3) is 2.88. The highest BCUT2D eigenvalue weighted by Crippen LogP contribution is 2.55. The van der Waals surface area contributed by atoms with Gasteiger partial charge in [-0.1, -0.05) is 13.8 Å². The van der Waals surface area contributed by atoms with Crippen molar-refractivity contribution in [1.82, 2.24) is 10.3 Å². The number of H-pyrrole nitrogens is 1. The van der Waals surface area contributed by atoms with Gasteiger partial charge in [-0.05, 0) is 42.8 Å². The van der Waals surface area contributed by atoms with E-state index in [1.807, 2.05) is 13.8 Å². The van der Waals surface area contributed by atoms with E-state index in [1.54, 1.807) is 0 Å². The third-order valence-corrected chi connectivity index (χ3v) is 4.66. The van der Waals surface area contributed by atoms with Crippen LogP contribution in [0.5, 0.6) is 0 Å². The second kappa shape index (κ2) is 6.42. The summed E-state index contributed by atoms with van der Waals surface area (Å²) in [7, 11) is 0. The zero-order chi connectivity index (χ0) is 19.1. The van der Waals surface area contributed by atoms with Crippen LogP contribution in [0.1, 0.15) is 31.4 Å². The molecule has 2 aromatic rings. The molecule has 26 heavy (non-hydrogen) atoms. The van der Waals surface area contributed by atoms with E-state index < -0.39 is 23.0 Å². The first-order valence-corrected chi connectivity index (χ1v) is 8.26. The molecule has 0 spiro atoms. The highest BCUT2D eigenvalue weighted by molar-refractivity contribution is 5.75. The lowest BCUT2D eigenvalue weighted by Gasteiger charge is -2.42. The van der Waals surface area contributed by atoms with Gasteiger partial charge in [-0.15, -0.1) is 0 Å². The summed E-state index contributed by atoms with van der Waals surface area (Å²) in [6.07, 6.45) is -3.90. The molecule has 2 heterocycles. The van der Waals surface area contributed by atoms with E-state index in [0.717, 1.165) is 12.1 Å². The number of pyridine rings is 1. The molecule has 4 nitrogen and oxygen atoms in total. The molecule has 1 aliphatic heterocycles. The predicted molar refractivity (Wildman–Crippen MR) is 91.3 cm³/mol. The van der Waals surface area contributed by atoms with Crippen molar-refractivity contribution < 1.29 is 17.6 Å². The number of rotatable bonds is 4. The number of anilines is 2. The van der Waals surface area contributed by atoms with Gasteiger partial charge in [0.2, 0.25) is 0 Å². The Morgan fingerprint density at radius 3 is 2.58 bits per heavy atom. The van der Waals surface area contributed by atoms with Gasteiger partial charge >= 0.3 is 6.18 Å². The maximum atomic E-state index is 14.5. The summed E-state index contributed by atoms with van der Waals surface area (Å²) in [4.78, 5) is 14.6. The fourth-order valence-corrected chi connectivity index (χ4v) is 3.48. The maximum Gasteiger partial charge on any atom is 0.402 e. The lowest BCUT2D eigenvalue weighted by Crippen LogP contribution is -2.49. The zero-order valence-electron chi connectivity index (χ0n) is 14.3. The molecule has 1 atom stereocenters. The zero-order valence-corrected chi connectivity index (χ0v) is 14.3. The van der Waals surface area contributed by atoms with E-state index in [0.29, 0.717) is 0 Å². The van der Waals surface area contributed by atoms with E-state index in [9.17, 15) is 22.4 Å². The third-order valence-electron chi connectivity index (χ3n) is 4.66. The molecule has 0 saturated carbocycles. The fourth-order valence-electron chi connectivity index (χ4n) is 3.48. The first-order chi connectivity index (χ1) is 12.2. The van der Waals surface area contributed by atoms with E-state index in [4.69, 9.17) is 0 Å². The number of benzene rings is 1. The summed E-state index contributed by atoms with van der Waals surface area (Å²) in [5, 5.41) is 5.71. The van der Waals surface area contributed by atoms with Crippen molar-refractivity contribution in [2.45, 2.75) is 37.9 Å². The molecule has 0 bridgehead atoms. The number of hydrogen-bond donors (Lipinski definition) is 3. The molecular weight excluding hydrogens is 350 g/mol. The van der Waals surface area contributed by atoms with Gasteiger partial charge in [0.05, 0.1) is 0 Å². The van der Waals surface area contributed by atoms with E-state index in [1.165, 1.54) is 18.3 Å². The molecule has 1 aromatic heterocycles. The SMILES string of the molecule is CC(C)NCCC1(C(F)(F)F)c2cc(F)ccc2Nc2c1cc[nH]c2=O. The molecule has 1 aromatic carbocycles. The Morgan fingerprint density at radius 2 is 1.92 bits per heavy atom. The van der Waals surface area contributed by atoms with Crippen molar-refractivity contribution in [1.29, 1.82) is 0 Å². The van der Waals surface area contributed by atoms with Crippen LogP contribution in [0.25, 0.3) is 0 Å². The Kier molecular flexibility index (Phi) is 4.56. The number of halogens is 4. The van der Waals surface area contributed by atoms with Crippen LogP contribution in [0.2, 0.25) is 0 Å². The van der Waals surface area contributed by atoms with Crippen LogP contribution in [0.3, 0.4) is 0 Å². The highest BCUT2D eigenvalue weighted by Gasteiger charge is 2.60. The van der Waals surface area contributed by atoms with E-state index >= 15 is 0 Å². The van der Waals surface area contributed by atoms with Crippen LogP contribution < -0.4 is 16.2 Å². The van der Waals surface area contributed by atoms with Crippen molar-refractivity contribution in [3.8, 4) is 0 Å². The summed E-state index contributed by atoms with van der Waals surface area (Å²) in [5.41, 5.74) is -3.62. The Labute approximate surface area is 147 Å². The minimum atomic E-state index is -4.72. The van der Waals surface area contributed by atoms with Gasteiger partial charge in [0.1, 0.15) is 16.9 Å².